The Morgan fingerprint density at radius 2 is 1.96 bits per heavy atom. The van der Waals surface area contributed by atoms with Gasteiger partial charge >= 0.3 is 0 Å². The van der Waals surface area contributed by atoms with Crippen LogP contribution >= 0.6 is 22.9 Å². The van der Waals surface area contributed by atoms with Crippen molar-refractivity contribution in [2.45, 2.75) is 26.8 Å². The van der Waals surface area contributed by atoms with Crippen LogP contribution < -0.4 is 10.9 Å². The third kappa shape index (κ3) is 2.95. The minimum Gasteiger partial charge on any atom is -0.322 e. The zero-order valence-corrected chi connectivity index (χ0v) is 15.0. The molecule has 2 aromatic heterocycles. The maximum atomic E-state index is 12.6. The molecule has 1 N–H and O–H groups in total. The Morgan fingerprint density at radius 1 is 1.29 bits per heavy atom. The van der Waals surface area contributed by atoms with Crippen LogP contribution in [0.2, 0.25) is 5.02 Å². The molecule has 0 unspecified atom stereocenters. The number of aryl methyl sites for hydroxylation is 1. The molecule has 3 aromatic rings. The Morgan fingerprint density at radius 3 is 2.58 bits per heavy atom. The summed E-state index contributed by atoms with van der Waals surface area (Å²) in [7, 11) is 0. The highest BCUT2D eigenvalue weighted by atomic mass is 35.5. The molecule has 0 saturated heterocycles. The molecule has 124 valence electrons. The van der Waals surface area contributed by atoms with Crippen molar-refractivity contribution in [3.8, 4) is 0 Å². The van der Waals surface area contributed by atoms with Gasteiger partial charge in [-0.05, 0) is 45.0 Å². The number of carbonyl (C=O) groups is 1. The molecular weight excluding hydrogens is 346 g/mol. The first kappa shape index (κ1) is 16.7. The van der Waals surface area contributed by atoms with E-state index in [0.29, 0.717) is 26.5 Å². The third-order valence-electron chi connectivity index (χ3n) is 3.68. The second kappa shape index (κ2) is 6.37. The minimum atomic E-state index is -0.282. The number of hydrogen-bond acceptors (Lipinski definition) is 4. The fourth-order valence-corrected chi connectivity index (χ4v) is 3.62. The lowest BCUT2D eigenvalue weighted by molar-refractivity contribution is 0.102. The van der Waals surface area contributed by atoms with Crippen LogP contribution in [0.5, 0.6) is 0 Å². The highest BCUT2D eigenvalue weighted by molar-refractivity contribution is 7.19. The zero-order chi connectivity index (χ0) is 17.4. The van der Waals surface area contributed by atoms with E-state index < -0.39 is 0 Å². The molecule has 24 heavy (non-hydrogen) atoms. The Kier molecular flexibility index (Phi) is 4.43. The molecule has 5 nitrogen and oxygen atoms in total. The monoisotopic (exact) mass is 361 g/mol. The van der Waals surface area contributed by atoms with Crippen LogP contribution in [0.1, 0.15) is 35.1 Å². The summed E-state index contributed by atoms with van der Waals surface area (Å²) in [5, 5.41) is 3.42. The maximum absolute atomic E-state index is 12.6. The molecule has 0 atom stereocenters. The molecule has 0 radical (unpaired) electrons. The highest BCUT2D eigenvalue weighted by Crippen LogP contribution is 2.28. The maximum Gasteiger partial charge on any atom is 0.271 e. The van der Waals surface area contributed by atoms with Crippen molar-refractivity contribution in [2.75, 3.05) is 5.32 Å². The largest absolute Gasteiger partial charge is 0.322 e. The molecule has 1 amide bonds. The summed E-state index contributed by atoms with van der Waals surface area (Å²) in [6.45, 7) is 5.66. The molecular formula is C17H16ClN3O2S. The van der Waals surface area contributed by atoms with Gasteiger partial charge < -0.3 is 5.32 Å². The summed E-state index contributed by atoms with van der Waals surface area (Å²) < 4.78 is 2.07. The van der Waals surface area contributed by atoms with Crippen LogP contribution in [-0.2, 0) is 0 Å². The average Bonchev–Trinajstić information content (AvgIpc) is 2.86. The molecule has 1 aromatic carbocycles. The SMILES string of the molecule is Cc1sc2c(=O)n(C(C)C)cnc2c1C(=O)Nc1ccc(Cl)cc1. The van der Waals surface area contributed by atoms with Crippen molar-refractivity contribution < 1.29 is 4.79 Å². The lowest BCUT2D eigenvalue weighted by atomic mass is 10.2. The van der Waals surface area contributed by atoms with Crippen molar-refractivity contribution >= 4 is 44.7 Å². The number of nitrogens with zero attached hydrogens (tertiary/aromatic N) is 2. The molecule has 0 aliphatic rings. The van der Waals surface area contributed by atoms with Gasteiger partial charge in [0, 0.05) is 21.6 Å². The summed E-state index contributed by atoms with van der Waals surface area (Å²) in [5.74, 6) is -0.282. The van der Waals surface area contributed by atoms with Crippen molar-refractivity contribution in [1.29, 1.82) is 0 Å². The van der Waals surface area contributed by atoms with Crippen molar-refractivity contribution in [2.24, 2.45) is 0 Å². The molecule has 7 heteroatoms. The summed E-state index contributed by atoms with van der Waals surface area (Å²) in [6, 6.07) is 6.88. The van der Waals surface area contributed by atoms with E-state index in [1.54, 1.807) is 28.8 Å². The summed E-state index contributed by atoms with van der Waals surface area (Å²) >= 11 is 7.15. The number of halogens is 1. The van der Waals surface area contributed by atoms with Crippen LogP contribution in [0.3, 0.4) is 0 Å². The zero-order valence-electron chi connectivity index (χ0n) is 13.5. The van der Waals surface area contributed by atoms with Crippen molar-refractivity contribution in [3.63, 3.8) is 0 Å². The van der Waals surface area contributed by atoms with E-state index in [9.17, 15) is 9.59 Å². The number of rotatable bonds is 3. The van der Waals surface area contributed by atoms with Gasteiger partial charge in [-0.3, -0.25) is 14.2 Å². The predicted molar refractivity (Wildman–Crippen MR) is 98.4 cm³/mol. The van der Waals surface area contributed by atoms with Crippen molar-refractivity contribution in [3.05, 3.63) is 56.4 Å². The minimum absolute atomic E-state index is 0.0168. The normalized spacial score (nSPS) is 11.2. The van der Waals surface area contributed by atoms with Crippen LogP contribution in [0.15, 0.2) is 35.4 Å². The van der Waals surface area contributed by atoms with Gasteiger partial charge in [-0.15, -0.1) is 11.3 Å². The Hall–Kier alpha value is -2.18. The van der Waals surface area contributed by atoms with Crippen molar-refractivity contribution in [1.82, 2.24) is 9.55 Å². The first-order valence-corrected chi connectivity index (χ1v) is 8.65. The van der Waals surface area contributed by atoms with Crippen LogP contribution in [0.4, 0.5) is 5.69 Å². The second-order valence-corrected chi connectivity index (χ2v) is 7.38. The van der Waals surface area contributed by atoms with E-state index in [1.165, 1.54) is 17.7 Å². The molecule has 0 saturated carbocycles. The van der Waals surface area contributed by atoms with Crippen LogP contribution in [-0.4, -0.2) is 15.5 Å². The van der Waals surface area contributed by atoms with Gasteiger partial charge in [0.2, 0.25) is 0 Å². The number of nitrogens with one attached hydrogen (secondary N) is 1. The van der Waals surface area contributed by atoms with E-state index in [2.05, 4.69) is 10.3 Å². The molecule has 0 aliphatic carbocycles. The van der Waals surface area contributed by atoms with Gasteiger partial charge in [0.1, 0.15) is 10.2 Å². The van der Waals surface area contributed by atoms with E-state index in [0.717, 1.165) is 4.88 Å². The van der Waals surface area contributed by atoms with Crippen LogP contribution in [0, 0.1) is 6.92 Å². The Labute approximate surface area is 147 Å². The quantitative estimate of drug-likeness (QED) is 0.758. The van der Waals surface area contributed by atoms with Gasteiger partial charge in [-0.1, -0.05) is 11.6 Å². The summed E-state index contributed by atoms with van der Waals surface area (Å²) in [4.78, 5) is 30.3. The second-order valence-electron chi connectivity index (χ2n) is 5.72. The highest BCUT2D eigenvalue weighted by Gasteiger charge is 2.21. The number of anilines is 1. The summed E-state index contributed by atoms with van der Waals surface area (Å²) in [5.41, 5.74) is 1.41. The van der Waals surface area contributed by atoms with Gasteiger partial charge in [-0.2, -0.15) is 0 Å². The smallest absolute Gasteiger partial charge is 0.271 e. The van der Waals surface area contributed by atoms with Gasteiger partial charge in [0.15, 0.2) is 0 Å². The fraction of sp³-hybridized carbons (Fsp3) is 0.235. The Balaban J connectivity index is 2.04. The number of carbonyl (C=O) groups excluding carboxylic acids is 1. The lowest BCUT2D eigenvalue weighted by Crippen LogP contribution is -2.22. The van der Waals surface area contributed by atoms with E-state index >= 15 is 0 Å². The predicted octanol–water partition coefficient (Wildman–Crippen LogP) is 4.25. The first-order valence-electron chi connectivity index (χ1n) is 7.45. The molecule has 0 aliphatic heterocycles. The Bertz CT molecular complexity index is 974. The molecule has 3 rings (SSSR count). The average molecular weight is 362 g/mol. The molecule has 2 heterocycles. The van der Waals surface area contributed by atoms with E-state index in [-0.39, 0.29) is 17.5 Å². The standard InChI is InChI=1S/C17H16ClN3O2S/c1-9(2)21-8-19-14-13(10(3)24-15(14)17(21)23)16(22)20-12-6-4-11(18)5-7-12/h4-9H,1-3H3,(H,20,22). The third-order valence-corrected chi connectivity index (χ3v) is 5.02. The summed E-state index contributed by atoms with van der Waals surface area (Å²) in [6.07, 6.45) is 1.50. The number of benzene rings is 1. The molecule has 0 bridgehead atoms. The van der Waals surface area contributed by atoms with Gasteiger partial charge in [0.25, 0.3) is 11.5 Å². The van der Waals surface area contributed by atoms with Gasteiger partial charge in [0.05, 0.1) is 11.9 Å². The number of fused-ring (bicyclic) bond motifs is 1. The number of aromatic nitrogens is 2. The number of thiophene rings is 1. The topological polar surface area (TPSA) is 64.0 Å². The fourth-order valence-electron chi connectivity index (χ4n) is 2.45. The van der Waals surface area contributed by atoms with E-state index in [1.807, 2.05) is 20.8 Å². The number of hydrogen-bond donors (Lipinski definition) is 1. The molecule has 0 fully saturated rings. The van der Waals surface area contributed by atoms with Gasteiger partial charge in [-0.25, -0.2) is 4.98 Å². The number of amides is 1. The molecule has 0 spiro atoms. The van der Waals surface area contributed by atoms with Crippen LogP contribution in [0.25, 0.3) is 10.2 Å². The lowest BCUT2D eigenvalue weighted by Gasteiger charge is -2.08. The first-order chi connectivity index (χ1) is 11.4. The van der Waals surface area contributed by atoms with E-state index in [4.69, 9.17) is 11.6 Å².